The highest BCUT2D eigenvalue weighted by atomic mass is 32.1. The van der Waals surface area contributed by atoms with Gasteiger partial charge in [-0.3, -0.25) is 4.79 Å². The van der Waals surface area contributed by atoms with E-state index in [0.717, 1.165) is 16.1 Å². The van der Waals surface area contributed by atoms with Crippen LogP contribution in [-0.2, 0) is 4.79 Å². The van der Waals surface area contributed by atoms with Gasteiger partial charge in [-0.2, -0.15) is 0 Å². The Hall–Kier alpha value is -0.700. The first kappa shape index (κ1) is 8.40. The van der Waals surface area contributed by atoms with E-state index in [4.69, 9.17) is 12.2 Å². The lowest BCUT2D eigenvalue weighted by molar-refractivity contribution is -0.121. The Kier molecular flexibility index (Phi) is 2.09. The molecule has 3 heteroatoms. The molecule has 0 saturated carbocycles. The molecule has 0 radical (unpaired) electrons. The molecule has 1 amide bonds. The van der Waals surface area contributed by atoms with Gasteiger partial charge in [0.25, 0.3) is 5.91 Å². The van der Waals surface area contributed by atoms with E-state index in [9.17, 15) is 4.79 Å². The number of likely N-dealkylation sites (tertiary alicyclic amines) is 1. The van der Waals surface area contributed by atoms with E-state index in [-0.39, 0.29) is 5.91 Å². The largest absolute Gasteiger partial charge is 0.306 e. The van der Waals surface area contributed by atoms with Crippen LogP contribution in [0.2, 0.25) is 0 Å². The molecule has 1 fully saturated rings. The molecular weight excluding hydrogens is 158 g/mol. The molecule has 0 bridgehead atoms. The number of carbonyl (C=O) groups excluding carboxylic acids is 1. The number of likely N-dealkylation sites (N-methyl/N-ethyl adjacent to an activating group) is 1. The molecule has 1 heterocycles. The first-order valence-electron chi connectivity index (χ1n) is 3.51. The van der Waals surface area contributed by atoms with E-state index in [0.29, 0.717) is 6.42 Å². The number of hydrogen-bond acceptors (Lipinski definition) is 2. The van der Waals surface area contributed by atoms with Crippen LogP contribution >= 0.6 is 12.2 Å². The van der Waals surface area contributed by atoms with E-state index in [1.54, 1.807) is 7.05 Å². The Morgan fingerprint density at radius 2 is 2.09 bits per heavy atom. The molecule has 11 heavy (non-hydrogen) atoms. The number of rotatable bonds is 0. The minimum Gasteiger partial charge on any atom is -0.306 e. The van der Waals surface area contributed by atoms with Crippen molar-refractivity contribution in [3.63, 3.8) is 0 Å². The fourth-order valence-electron chi connectivity index (χ4n) is 1.05. The molecule has 0 unspecified atom stereocenters. The van der Waals surface area contributed by atoms with Crippen LogP contribution < -0.4 is 0 Å². The minimum atomic E-state index is 0.0648. The third-order valence-corrected chi connectivity index (χ3v) is 2.29. The lowest BCUT2D eigenvalue weighted by Gasteiger charge is -2.05. The molecule has 1 aliphatic rings. The van der Waals surface area contributed by atoms with Crippen molar-refractivity contribution < 1.29 is 4.79 Å². The van der Waals surface area contributed by atoms with Gasteiger partial charge in [0.1, 0.15) is 0 Å². The zero-order chi connectivity index (χ0) is 8.59. The maximum Gasteiger partial charge on any atom is 0.254 e. The SMILES string of the molecule is CC(C)=C1CC(=S)N(C)C1=O. The van der Waals surface area contributed by atoms with Crippen molar-refractivity contribution in [2.45, 2.75) is 20.3 Å². The van der Waals surface area contributed by atoms with Crippen LogP contribution in [0, 0.1) is 0 Å². The summed E-state index contributed by atoms with van der Waals surface area (Å²) in [5.74, 6) is 0.0648. The van der Waals surface area contributed by atoms with E-state index in [1.165, 1.54) is 4.90 Å². The Morgan fingerprint density at radius 1 is 1.55 bits per heavy atom. The highest BCUT2D eigenvalue weighted by molar-refractivity contribution is 7.80. The fraction of sp³-hybridized carbons (Fsp3) is 0.500. The van der Waals surface area contributed by atoms with Crippen molar-refractivity contribution in [3.8, 4) is 0 Å². The van der Waals surface area contributed by atoms with E-state index in [2.05, 4.69) is 0 Å². The topological polar surface area (TPSA) is 20.3 Å². The van der Waals surface area contributed by atoms with Gasteiger partial charge in [-0.1, -0.05) is 17.8 Å². The van der Waals surface area contributed by atoms with Crippen molar-refractivity contribution >= 4 is 23.1 Å². The molecule has 0 spiro atoms. The second kappa shape index (κ2) is 2.74. The summed E-state index contributed by atoms with van der Waals surface area (Å²) in [4.78, 5) is 13.6. The minimum absolute atomic E-state index is 0.0648. The predicted octanol–water partition coefficient (Wildman–Crippen LogP) is 1.51. The molecule has 0 N–H and O–H groups in total. The van der Waals surface area contributed by atoms with Gasteiger partial charge in [0.2, 0.25) is 0 Å². The maximum absolute atomic E-state index is 11.3. The first-order valence-corrected chi connectivity index (χ1v) is 3.92. The van der Waals surface area contributed by atoms with Crippen LogP contribution in [0.25, 0.3) is 0 Å². The smallest absolute Gasteiger partial charge is 0.254 e. The van der Waals surface area contributed by atoms with Crippen LogP contribution in [0.3, 0.4) is 0 Å². The van der Waals surface area contributed by atoms with E-state index >= 15 is 0 Å². The normalized spacial score (nSPS) is 18.1. The summed E-state index contributed by atoms with van der Waals surface area (Å²) in [7, 11) is 1.72. The van der Waals surface area contributed by atoms with Crippen LogP contribution in [0.1, 0.15) is 20.3 Å². The highest BCUT2D eigenvalue weighted by Gasteiger charge is 2.27. The molecule has 60 valence electrons. The zero-order valence-electron chi connectivity index (χ0n) is 6.97. The highest BCUT2D eigenvalue weighted by Crippen LogP contribution is 2.20. The van der Waals surface area contributed by atoms with E-state index in [1.807, 2.05) is 13.8 Å². The number of hydrogen-bond donors (Lipinski definition) is 0. The molecule has 0 aromatic rings. The van der Waals surface area contributed by atoms with Gasteiger partial charge in [-0.15, -0.1) is 0 Å². The van der Waals surface area contributed by atoms with Crippen LogP contribution in [0.15, 0.2) is 11.1 Å². The lowest BCUT2D eigenvalue weighted by atomic mass is 10.1. The first-order chi connectivity index (χ1) is 5.04. The third-order valence-electron chi connectivity index (χ3n) is 1.87. The molecule has 2 nitrogen and oxygen atoms in total. The number of thiocarbonyl (C=S) groups is 1. The molecule has 0 aliphatic carbocycles. The third kappa shape index (κ3) is 1.33. The Bertz CT molecular complexity index is 251. The second-order valence-electron chi connectivity index (χ2n) is 2.91. The standard InChI is InChI=1S/C8H11NOS/c1-5(2)6-4-7(11)9(3)8(6)10/h4H2,1-3H3. The Balaban J connectivity index is 3.02. The number of carbonyl (C=O) groups is 1. The Morgan fingerprint density at radius 3 is 2.27 bits per heavy atom. The molecule has 1 rings (SSSR count). The summed E-state index contributed by atoms with van der Waals surface area (Å²) >= 11 is 4.99. The van der Waals surface area contributed by atoms with Crippen molar-refractivity contribution in [3.05, 3.63) is 11.1 Å². The molecular formula is C8H11NOS. The van der Waals surface area contributed by atoms with E-state index < -0.39 is 0 Å². The number of amides is 1. The summed E-state index contributed by atoms with van der Waals surface area (Å²) in [5, 5.41) is 0. The fourth-order valence-corrected chi connectivity index (χ4v) is 1.28. The van der Waals surface area contributed by atoms with Crippen molar-refractivity contribution in [1.29, 1.82) is 0 Å². The van der Waals surface area contributed by atoms with Gasteiger partial charge in [0, 0.05) is 19.0 Å². The van der Waals surface area contributed by atoms with Gasteiger partial charge in [-0.05, 0) is 13.8 Å². The van der Waals surface area contributed by atoms with Crippen LogP contribution in [0.5, 0.6) is 0 Å². The van der Waals surface area contributed by atoms with Gasteiger partial charge in [0.05, 0.1) is 4.99 Å². The van der Waals surface area contributed by atoms with Gasteiger partial charge in [0.15, 0.2) is 0 Å². The quantitative estimate of drug-likeness (QED) is 0.404. The number of allylic oxidation sites excluding steroid dienone is 1. The van der Waals surface area contributed by atoms with Gasteiger partial charge in [-0.25, -0.2) is 0 Å². The molecule has 1 aliphatic heterocycles. The summed E-state index contributed by atoms with van der Waals surface area (Å²) in [6.07, 6.45) is 0.646. The van der Waals surface area contributed by atoms with Crippen molar-refractivity contribution in [2.75, 3.05) is 7.05 Å². The van der Waals surface area contributed by atoms with Crippen LogP contribution in [0.4, 0.5) is 0 Å². The Labute approximate surface area is 71.9 Å². The molecule has 1 saturated heterocycles. The monoisotopic (exact) mass is 169 g/mol. The lowest BCUT2D eigenvalue weighted by Crippen LogP contribution is -2.22. The summed E-state index contributed by atoms with van der Waals surface area (Å²) in [5.41, 5.74) is 1.93. The average molecular weight is 169 g/mol. The van der Waals surface area contributed by atoms with Crippen LogP contribution in [-0.4, -0.2) is 22.8 Å². The average Bonchev–Trinajstić information content (AvgIpc) is 2.17. The molecule has 0 aromatic carbocycles. The summed E-state index contributed by atoms with van der Waals surface area (Å²) in [6, 6.07) is 0. The number of nitrogens with zero attached hydrogens (tertiary/aromatic N) is 1. The van der Waals surface area contributed by atoms with Gasteiger partial charge >= 0.3 is 0 Å². The molecule has 0 aromatic heterocycles. The van der Waals surface area contributed by atoms with Gasteiger partial charge < -0.3 is 4.90 Å². The summed E-state index contributed by atoms with van der Waals surface area (Å²) in [6.45, 7) is 3.88. The predicted molar refractivity (Wildman–Crippen MR) is 48.4 cm³/mol. The maximum atomic E-state index is 11.3. The second-order valence-corrected chi connectivity index (χ2v) is 3.38. The summed E-state index contributed by atoms with van der Waals surface area (Å²) < 4.78 is 0. The van der Waals surface area contributed by atoms with Crippen molar-refractivity contribution in [2.24, 2.45) is 0 Å². The van der Waals surface area contributed by atoms with Crippen molar-refractivity contribution in [1.82, 2.24) is 4.90 Å². The molecule has 0 atom stereocenters. The zero-order valence-corrected chi connectivity index (χ0v) is 7.79.